The van der Waals surface area contributed by atoms with Gasteiger partial charge in [-0.3, -0.25) is 0 Å². The average molecular weight is 214 g/mol. The third-order valence-electron chi connectivity index (χ3n) is 1.76. The monoisotopic (exact) mass is 213 g/mol. The quantitative estimate of drug-likeness (QED) is 0.718. The molecular weight excluding hydrogens is 198 g/mol. The average Bonchev–Trinajstić information content (AvgIpc) is 2.01. The first kappa shape index (κ1) is 11.4. The molecule has 0 spiro atoms. The van der Waals surface area contributed by atoms with E-state index in [1.165, 1.54) is 0 Å². The predicted molar refractivity (Wildman–Crippen MR) is 58.4 cm³/mol. The maximum atomic E-state index is 5.90. The van der Waals surface area contributed by atoms with E-state index in [1.807, 2.05) is 25.1 Å². The van der Waals surface area contributed by atoms with Gasteiger partial charge in [-0.1, -0.05) is 24.9 Å². The molecule has 0 fully saturated rings. The van der Waals surface area contributed by atoms with E-state index in [9.17, 15) is 0 Å². The molecule has 0 saturated heterocycles. The van der Waals surface area contributed by atoms with Crippen molar-refractivity contribution < 1.29 is 0 Å². The summed E-state index contributed by atoms with van der Waals surface area (Å²) in [4.78, 5) is 10.6. The summed E-state index contributed by atoms with van der Waals surface area (Å²) in [7, 11) is 3.98. The minimum atomic E-state index is 0.542. The number of hydrogen-bond donors (Lipinski definition) is 0. The van der Waals surface area contributed by atoms with Gasteiger partial charge in [0.15, 0.2) is 0 Å². The standard InChI is InChI=1S/C10H16ClN3/c1-4-5-8-6-9(11)13-10(12-8)7-14(2)3/h6H,4-5,7H2,1-3H3. The van der Waals surface area contributed by atoms with E-state index in [0.29, 0.717) is 5.15 Å². The van der Waals surface area contributed by atoms with Crippen molar-refractivity contribution in [3.8, 4) is 0 Å². The molecule has 0 bridgehead atoms. The number of halogens is 1. The molecule has 0 atom stereocenters. The van der Waals surface area contributed by atoms with Crippen molar-refractivity contribution in [2.24, 2.45) is 0 Å². The summed E-state index contributed by atoms with van der Waals surface area (Å²) in [5.74, 6) is 0.797. The van der Waals surface area contributed by atoms with Gasteiger partial charge in [-0.25, -0.2) is 9.97 Å². The molecule has 0 saturated carbocycles. The first-order valence-electron chi connectivity index (χ1n) is 4.79. The van der Waals surface area contributed by atoms with Crippen LogP contribution in [0.1, 0.15) is 24.9 Å². The SMILES string of the molecule is CCCc1cc(Cl)nc(CN(C)C)n1. The van der Waals surface area contributed by atoms with Crippen LogP contribution in [0.4, 0.5) is 0 Å². The lowest BCUT2D eigenvalue weighted by Gasteiger charge is -2.09. The maximum Gasteiger partial charge on any atom is 0.144 e. The Bertz CT molecular complexity index is 299. The van der Waals surface area contributed by atoms with Gasteiger partial charge in [-0.2, -0.15) is 0 Å². The van der Waals surface area contributed by atoms with E-state index in [2.05, 4.69) is 16.9 Å². The molecule has 0 aliphatic rings. The molecule has 78 valence electrons. The largest absolute Gasteiger partial charge is 0.302 e. The Morgan fingerprint density at radius 1 is 1.36 bits per heavy atom. The van der Waals surface area contributed by atoms with Gasteiger partial charge in [-0.05, 0) is 26.6 Å². The lowest BCUT2D eigenvalue weighted by atomic mass is 10.2. The highest BCUT2D eigenvalue weighted by Crippen LogP contribution is 2.09. The molecule has 1 heterocycles. The first-order valence-corrected chi connectivity index (χ1v) is 5.16. The van der Waals surface area contributed by atoms with Crippen LogP contribution in [0.2, 0.25) is 5.15 Å². The minimum Gasteiger partial charge on any atom is -0.302 e. The Morgan fingerprint density at radius 2 is 2.07 bits per heavy atom. The van der Waals surface area contributed by atoms with Gasteiger partial charge in [-0.15, -0.1) is 0 Å². The van der Waals surface area contributed by atoms with Gasteiger partial charge in [0, 0.05) is 5.69 Å². The molecule has 4 heteroatoms. The van der Waals surface area contributed by atoms with Crippen LogP contribution in [0.5, 0.6) is 0 Å². The molecule has 0 unspecified atom stereocenters. The van der Waals surface area contributed by atoms with E-state index >= 15 is 0 Å². The molecule has 0 aliphatic carbocycles. The normalized spacial score (nSPS) is 10.9. The van der Waals surface area contributed by atoms with Crippen molar-refractivity contribution >= 4 is 11.6 Å². The maximum absolute atomic E-state index is 5.90. The predicted octanol–water partition coefficient (Wildman–Crippen LogP) is 2.14. The second-order valence-electron chi connectivity index (χ2n) is 3.59. The zero-order chi connectivity index (χ0) is 10.6. The third-order valence-corrected chi connectivity index (χ3v) is 1.95. The first-order chi connectivity index (χ1) is 6.61. The Balaban J connectivity index is 2.83. The van der Waals surface area contributed by atoms with Crippen molar-refractivity contribution in [1.29, 1.82) is 0 Å². The lowest BCUT2D eigenvalue weighted by molar-refractivity contribution is 0.389. The Hall–Kier alpha value is -0.670. The molecule has 1 rings (SSSR count). The Labute approximate surface area is 90.1 Å². The summed E-state index contributed by atoms with van der Waals surface area (Å²) in [6, 6.07) is 1.84. The van der Waals surface area contributed by atoms with Crippen molar-refractivity contribution in [1.82, 2.24) is 14.9 Å². The van der Waals surface area contributed by atoms with Gasteiger partial charge >= 0.3 is 0 Å². The zero-order valence-corrected chi connectivity index (χ0v) is 9.67. The van der Waals surface area contributed by atoms with Crippen LogP contribution in [-0.2, 0) is 13.0 Å². The molecule has 0 aliphatic heterocycles. The van der Waals surface area contributed by atoms with Gasteiger partial charge in [0.05, 0.1) is 6.54 Å². The molecule has 0 aromatic carbocycles. The second-order valence-corrected chi connectivity index (χ2v) is 3.97. The van der Waals surface area contributed by atoms with E-state index < -0.39 is 0 Å². The van der Waals surface area contributed by atoms with Crippen LogP contribution in [0.3, 0.4) is 0 Å². The van der Waals surface area contributed by atoms with E-state index in [0.717, 1.165) is 30.9 Å². The van der Waals surface area contributed by atoms with Crippen molar-refractivity contribution in [3.63, 3.8) is 0 Å². The van der Waals surface area contributed by atoms with E-state index in [-0.39, 0.29) is 0 Å². The smallest absolute Gasteiger partial charge is 0.144 e. The van der Waals surface area contributed by atoms with Crippen LogP contribution in [0, 0.1) is 0 Å². The topological polar surface area (TPSA) is 29.0 Å². The third kappa shape index (κ3) is 3.60. The number of nitrogens with zero attached hydrogens (tertiary/aromatic N) is 3. The molecule has 0 amide bonds. The number of rotatable bonds is 4. The molecule has 1 aromatic heterocycles. The fraction of sp³-hybridized carbons (Fsp3) is 0.600. The zero-order valence-electron chi connectivity index (χ0n) is 8.92. The molecule has 0 radical (unpaired) electrons. The Kier molecular flexibility index (Phi) is 4.29. The highest BCUT2D eigenvalue weighted by Gasteiger charge is 2.03. The molecule has 1 aromatic rings. The summed E-state index contributed by atoms with van der Waals surface area (Å²) < 4.78 is 0. The minimum absolute atomic E-state index is 0.542. The van der Waals surface area contributed by atoms with Crippen molar-refractivity contribution in [2.75, 3.05) is 14.1 Å². The molecule has 3 nitrogen and oxygen atoms in total. The van der Waals surface area contributed by atoms with Gasteiger partial charge in [0.2, 0.25) is 0 Å². The highest BCUT2D eigenvalue weighted by molar-refractivity contribution is 6.29. The van der Waals surface area contributed by atoms with Crippen molar-refractivity contribution in [3.05, 3.63) is 22.7 Å². The second kappa shape index (κ2) is 5.27. The number of aromatic nitrogens is 2. The summed E-state index contributed by atoms with van der Waals surface area (Å²) in [5.41, 5.74) is 1.03. The van der Waals surface area contributed by atoms with Gasteiger partial charge in [0.25, 0.3) is 0 Å². The summed E-state index contributed by atoms with van der Waals surface area (Å²) in [6.07, 6.45) is 2.04. The lowest BCUT2D eigenvalue weighted by Crippen LogP contribution is -2.14. The summed E-state index contributed by atoms with van der Waals surface area (Å²) in [5, 5.41) is 0.542. The van der Waals surface area contributed by atoms with Crippen LogP contribution in [0.15, 0.2) is 6.07 Å². The molecule has 0 N–H and O–H groups in total. The fourth-order valence-corrected chi connectivity index (χ4v) is 1.48. The van der Waals surface area contributed by atoms with Crippen LogP contribution >= 0.6 is 11.6 Å². The van der Waals surface area contributed by atoms with Gasteiger partial charge in [0.1, 0.15) is 11.0 Å². The summed E-state index contributed by atoms with van der Waals surface area (Å²) in [6.45, 7) is 2.86. The van der Waals surface area contributed by atoms with E-state index in [4.69, 9.17) is 11.6 Å². The van der Waals surface area contributed by atoms with Crippen LogP contribution in [0.25, 0.3) is 0 Å². The highest BCUT2D eigenvalue weighted by atomic mass is 35.5. The Morgan fingerprint density at radius 3 is 2.64 bits per heavy atom. The van der Waals surface area contributed by atoms with E-state index in [1.54, 1.807) is 0 Å². The number of aryl methyl sites for hydroxylation is 1. The van der Waals surface area contributed by atoms with Gasteiger partial charge < -0.3 is 4.90 Å². The van der Waals surface area contributed by atoms with Crippen LogP contribution in [-0.4, -0.2) is 29.0 Å². The molecule has 14 heavy (non-hydrogen) atoms. The van der Waals surface area contributed by atoms with Crippen molar-refractivity contribution in [2.45, 2.75) is 26.3 Å². The summed E-state index contributed by atoms with van der Waals surface area (Å²) >= 11 is 5.90. The fourth-order valence-electron chi connectivity index (χ4n) is 1.25. The molecular formula is C10H16ClN3. The van der Waals surface area contributed by atoms with Crippen LogP contribution < -0.4 is 0 Å². The number of hydrogen-bond acceptors (Lipinski definition) is 3.